The van der Waals surface area contributed by atoms with Gasteiger partial charge in [0.1, 0.15) is 11.5 Å². The fraction of sp³-hybridized carbons (Fsp3) is 0.556. The number of carbonyl (C=O) groups excluding carboxylic acids is 1. The van der Waals surface area contributed by atoms with E-state index in [1.54, 1.807) is 6.07 Å². The molecule has 2 aliphatic rings. The van der Waals surface area contributed by atoms with Gasteiger partial charge in [0.05, 0.1) is 0 Å². The van der Waals surface area contributed by atoms with Crippen molar-refractivity contribution in [1.29, 1.82) is 0 Å². The largest absolute Gasteiger partial charge is 0.364 e. The molecule has 160 valence electrons. The average molecular weight is 440 g/mol. The maximum absolute atomic E-state index is 13.3. The molecule has 2 heterocycles. The van der Waals surface area contributed by atoms with E-state index in [1.807, 2.05) is 4.90 Å². The van der Waals surface area contributed by atoms with Gasteiger partial charge in [0, 0.05) is 23.9 Å². The van der Waals surface area contributed by atoms with Crippen molar-refractivity contribution in [3.63, 3.8) is 0 Å². The summed E-state index contributed by atoms with van der Waals surface area (Å²) in [6.45, 7) is 1.24. The fourth-order valence-electron chi connectivity index (χ4n) is 3.52. The van der Waals surface area contributed by atoms with Crippen molar-refractivity contribution in [2.75, 3.05) is 13.1 Å². The Morgan fingerprint density at radius 3 is 2.48 bits per heavy atom. The minimum absolute atomic E-state index is 0.135. The molecule has 1 aromatic rings. The van der Waals surface area contributed by atoms with E-state index in [0.717, 1.165) is 0 Å². The molecule has 1 atom stereocenters. The molecule has 5 nitrogen and oxygen atoms in total. The smallest absolute Gasteiger partial charge is 0.287 e. The van der Waals surface area contributed by atoms with Crippen LogP contribution in [0.2, 0.25) is 5.02 Å². The Bertz CT molecular complexity index is 802. The van der Waals surface area contributed by atoms with E-state index in [0.29, 0.717) is 25.2 Å². The third-order valence-electron chi connectivity index (χ3n) is 5.19. The van der Waals surface area contributed by atoms with Crippen LogP contribution in [0.3, 0.4) is 0 Å². The molecule has 0 aliphatic carbocycles. The van der Waals surface area contributed by atoms with E-state index in [9.17, 15) is 31.9 Å². The molecular formula is C18H19ClF5N3O2. The minimum atomic E-state index is -3.44. The van der Waals surface area contributed by atoms with E-state index in [1.165, 1.54) is 12.1 Å². The molecule has 0 bridgehead atoms. The Morgan fingerprint density at radius 1 is 1.28 bits per heavy atom. The lowest BCUT2D eigenvalue weighted by molar-refractivity contribution is -0.195. The third-order valence-corrected chi connectivity index (χ3v) is 5.54. The zero-order valence-corrected chi connectivity index (χ0v) is 15.9. The van der Waals surface area contributed by atoms with Crippen LogP contribution in [-0.4, -0.2) is 58.3 Å². The number of amides is 1. The van der Waals surface area contributed by atoms with Crippen LogP contribution in [0.25, 0.3) is 0 Å². The highest BCUT2D eigenvalue weighted by Gasteiger charge is 2.54. The van der Waals surface area contributed by atoms with Crippen LogP contribution in [0.1, 0.15) is 24.8 Å². The van der Waals surface area contributed by atoms with Gasteiger partial charge < -0.3 is 5.11 Å². The first-order valence-corrected chi connectivity index (χ1v) is 9.36. The average Bonchev–Trinajstić information content (AvgIpc) is 3.03. The summed E-state index contributed by atoms with van der Waals surface area (Å²) < 4.78 is 65.5. The van der Waals surface area contributed by atoms with Crippen molar-refractivity contribution in [1.82, 2.24) is 9.91 Å². The van der Waals surface area contributed by atoms with Crippen LogP contribution in [0.5, 0.6) is 0 Å². The van der Waals surface area contributed by atoms with E-state index in [-0.39, 0.29) is 22.9 Å². The van der Waals surface area contributed by atoms with Gasteiger partial charge in [0.2, 0.25) is 11.6 Å². The maximum atomic E-state index is 13.3. The second-order valence-electron chi connectivity index (χ2n) is 7.18. The van der Waals surface area contributed by atoms with Crippen LogP contribution in [-0.2, 0) is 11.3 Å². The monoisotopic (exact) mass is 439 g/mol. The molecule has 29 heavy (non-hydrogen) atoms. The van der Waals surface area contributed by atoms with Crippen molar-refractivity contribution in [3.05, 3.63) is 34.6 Å². The first-order chi connectivity index (χ1) is 13.6. The number of hydrogen-bond donors (Lipinski definition) is 1. The highest BCUT2D eigenvalue weighted by atomic mass is 35.5. The molecule has 2 aliphatic heterocycles. The number of halogens is 6. The Kier molecular flexibility index (Phi) is 6.45. The number of benzene rings is 1. The Balaban J connectivity index is 1.64. The zero-order chi connectivity index (χ0) is 21.3. The van der Waals surface area contributed by atoms with E-state index in [4.69, 9.17) is 11.6 Å². The molecule has 0 spiro atoms. The summed E-state index contributed by atoms with van der Waals surface area (Å²) in [6, 6.07) is 4.04. The number of rotatable bonds is 5. The number of nitrogens with zero attached hydrogens (tertiary/aromatic N) is 3. The molecule has 1 N–H and O–H groups in total. The van der Waals surface area contributed by atoms with Gasteiger partial charge in [-0.25, -0.2) is 22.0 Å². The number of hydrazone groups is 1. The lowest BCUT2D eigenvalue weighted by Crippen LogP contribution is -2.54. The summed E-state index contributed by atoms with van der Waals surface area (Å²) in [4.78, 5) is 14.6. The van der Waals surface area contributed by atoms with Gasteiger partial charge in [-0.15, -0.1) is 0 Å². The zero-order valence-electron chi connectivity index (χ0n) is 15.2. The van der Waals surface area contributed by atoms with E-state index in [2.05, 4.69) is 5.10 Å². The Labute approximate surface area is 168 Å². The van der Waals surface area contributed by atoms with E-state index < -0.39 is 48.4 Å². The van der Waals surface area contributed by atoms with Gasteiger partial charge >= 0.3 is 0 Å². The normalized spacial score (nSPS) is 23.9. The van der Waals surface area contributed by atoms with Crippen molar-refractivity contribution >= 4 is 23.2 Å². The Morgan fingerprint density at radius 2 is 1.93 bits per heavy atom. The maximum Gasteiger partial charge on any atom is 0.287 e. The molecule has 0 aromatic heterocycles. The molecule has 1 aromatic carbocycles. The van der Waals surface area contributed by atoms with Crippen LogP contribution >= 0.6 is 11.6 Å². The van der Waals surface area contributed by atoms with E-state index >= 15 is 0 Å². The molecule has 0 radical (unpaired) electrons. The lowest BCUT2D eigenvalue weighted by atomic mass is 9.94. The topological polar surface area (TPSA) is 56.1 Å². The van der Waals surface area contributed by atoms with Crippen LogP contribution in [0, 0.1) is 11.7 Å². The van der Waals surface area contributed by atoms with Gasteiger partial charge in [-0.1, -0.05) is 17.7 Å². The van der Waals surface area contributed by atoms with Crippen LogP contribution in [0.4, 0.5) is 22.0 Å². The quantitative estimate of drug-likeness (QED) is 0.714. The van der Waals surface area contributed by atoms with Crippen LogP contribution < -0.4 is 0 Å². The molecule has 11 heteroatoms. The van der Waals surface area contributed by atoms with Gasteiger partial charge in [-0.3, -0.25) is 9.69 Å². The number of likely N-dealkylation sites (tertiary alicyclic amines) is 1. The highest BCUT2D eigenvalue weighted by molar-refractivity contribution is 6.31. The van der Waals surface area contributed by atoms with Crippen molar-refractivity contribution < 1.29 is 31.9 Å². The molecule has 1 unspecified atom stereocenters. The summed E-state index contributed by atoms with van der Waals surface area (Å²) in [5, 5.41) is 13.8. The SMILES string of the molecule is O=C(C1CCN(Cc2ccc(F)cc2Cl)CC1)N1N=C(C(F)F)CC1(O)C(F)F. The highest BCUT2D eigenvalue weighted by Crippen LogP contribution is 2.35. The first-order valence-electron chi connectivity index (χ1n) is 8.98. The Hall–Kier alpha value is -1.78. The standard InChI is InChI=1S/C18H19ClF5N3O2/c19-13-7-12(20)2-1-11(13)9-26-5-3-10(4-6-26)16(28)27-18(29,17(23)24)8-14(25-27)15(21)22/h1-2,7,10,15,17,29H,3-6,8-9H2. The summed E-state index contributed by atoms with van der Waals surface area (Å²) in [7, 11) is 0. The predicted octanol–water partition coefficient (Wildman–Crippen LogP) is 3.50. The van der Waals surface area contributed by atoms with Gasteiger partial charge in [-0.05, 0) is 43.6 Å². The molecule has 1 amide bonds. The van der Waals surface area contributed by atoms with Gasteiger partial charge in [0.25, 0.3) is 12.9 Å². The number of alkyl halides is 4. The third kappa shape index (κ3) is 4.54. The summed E-state index contributed by atoms with van der Waals surface area (Å²) in [5.74, 6) is -2.09. The second kappa shape index (κ2) is 8.53. The summed E-state index contributed by atoms with van der Waals surface area (Å²) >= 11 is 6.01. The second-order valence-corrected chi connectivity index (χ2v) is 7.59. The number of hydrogen-bond acceptors (Lipinski definition) is 4. The number of carbonyl (C=O) groups is 1. The predicted molar refractivity (Wildman–Crippen MR) is 95.3 cm³/mol. The minimum Gasteiger partial charge on any atom is -0.364 e. The molecule has 1 fully saturated rings. The molecule has 3 rings (SSSR count). The van der Waals surface area contributed by atoms with Crippen molar-refractivity contribution in [2.24, 2.45) is 11.0 Å². The summed E-state index contributed by atoms with van der Waals surface area (Å²) in [6.07, 6.45) is -7.12. The number of aliphatic hydroxyl groups is 1. The van der Waals surface area contributed by atoms with Crippen LogP contribution in [0.15, 0.2) is 23.3 Å². The number of piperidine rings is 1. The lowest BCUT2D eigenvalue weighted by Gasteiger charge is -2.36. The first kappa shape index (κ1) is 21.9. The van der Waals surface area contributed by atoms with Gasteiger partial charge in [0.15, 0.2) is 0 Å². The van der Waals surface area contributed by atoms with Crippen molar-refractivity contribution in [2.45, 2.75) is 44.4 Å². The molecule has 0 saturated carbocycles. The summed E-state index contributed by atoms with van der Waals surface area (Å²) in [5.41, 5.74) is -3.29. The molecule has 1 saturated heterocycles. The van der Waals surface area contributed by atoms with Crippen molar-refractivity contribution in [3.8, 4) is 0 Å². The molecular weight excluding hydrogens is 421 g/mol. The fourth-order valence-corrected chi connectivity index (χ4v) is 3.75. The van der Waals surface area contributed by atoms with Gasteiger partial charge in [-0.2, -0.15) is 10.1 Å².